The van der Waals surface area contributed by atoms with Crippen LogP contribution in [0, 0.1) is 6.92 Å². The van der Waals surface area contributed by atoms with Crippen molar-refractivity contribution in [2.45, 2.75) is 13.3 Å². The topological polar surface area (TPSA) is 20.2 Å². The zero-order valence-corrected chi connectivity index (χ0v) is 8.33. The molecular weight excluding hydrogens is 172 g/mol. The van der Waals surface area contributed by atoms with E-state index in [1.165, 1.54) is 22.3 Å². The monoisotopic (exact) mass is 186 g/mol. The van der Waals surface area contributed by atoms with Crippen molar-refractivity contribution in [1.29, 1.82) is 0 Å². The van der Waals surface area contributed by atoms with Crippen molar-refractivity contribution in [2.75, 3.05) is 6.61 Å². The van der Waals surface area contributed by atoms with E-state index < -0.39 is 0 Å². The first-order valence-electron chi connectivity index (χ1n) is 4.90. The molecule has 1 N–H and O–H groups in total. The summed E-state index contributed by atoms with van der Waals surface area (Å²) in [6.45, 7) is 2.31. The molecule has 0 amide bonds. The molecule has 72 valence electrons. The summed E-state index contributed by atoms with van der Waals surface area (Å²) < 4.78 is 0. The van der Waals surface area contributed by atoms with Crippen molar-refractivity contribution in [3.05, 3.63) is 47.5 Å². The van der Waals surface area contributed by atoms with Crippen molar-refractivity contribution in [3.8, 4) is 11.1 Å². The highest BCUT2D eigenvalue weighted by Gasteiger charge is 2.06. The molecule has 0 heterocycles. The van der Waals surface area contributed by atoms with Gasteiger partial charge in [-0.2, -0.15) is 0 Å². The van der Waals surface area contributed by atoms with E-state index in [4.69, 9.17) is 5.11 Å². The normalized spacial score (nSPS) is 10.7. The average molecular weight is 186 g/mol. The molecule has 0 fully saturated rings. The van der Waals surface area contributed by atoms with Crippen LogP contribution < -0.4 is 0 Å². The highest BCUT2D eigenvalue weighted by atomic mass is 16.2. The zero-order valence-electron chi connectivity index (χ0n) is 8.33. The van der Waals surface area contributed by atoms with Gasteiger partial charge in [0.2, 0.25) is 0 Å². The summed E-state index contributed by atoms with van der Waals surface area (Å²) in [6.07, 6.45) is 0.743. The van der Waals surface area contributed by atoms with E-state index in [2.05, 4.69) is 43.3 Å². The van der Waals surface area contributed by atoms with E-state index in [0.717, 1.165) is 6.42 Å². The molecule has 2 aliphatic rings. The number of hydrogen-bond donors (Lipinski definition) is 1. The van der Waals surface area contributed by atoms with Crippen LogP contribution in [0.15, 0.2) is 36.4 Å². The van der Waals surface area contributed by atoms with Gasteiger partial charge in [-0.05, 0) is 30.0 Å². The maximum atomic E-state index is 8.91. The Labute approximate surface area is 84.4 Å². The smallest absolute Gasteiger partial charge is 0.0471 e. The first-order chi connectivity index (χ1) is 6.81. The van der Waals surface area contributed by atoms with Crippen molar-refractivity contribution >= 4 is 0 Å². The molecule has 0 aliphatic heterocycles. The summed E-state index contributed by atoms with van der Waals surface area (Å²) in [4.78, 5) is 0. The molecule has 0 atom stereocenters. The van der Waals surface area contributed by atoms with E-state index in [-0.39, 0.29) is 6.61 Å². The average Bonchev–Trinajstić information content (AvgIpc) is 2.43. The van der Waals surface area contributed by atoms with Crippen LogP contribution in [-0.2, 0) is 6.42 Å². The van der Waals surface area contributed by atoms with Crippen LogP contribution in [0.2, 0.25) is 0 Å². The van der Waals surface area contributed by atoms with Crippen LogP contribution >= 0.6 is 0 Å². The summed E-state index contributed by atoms with van der Waals surface area (Å²) in [7, 11) is 0. The molecule has 1 nitrogen and oxygen atoms in total. The fraction of sp³-hybridized carbons (Fsp3) is 0.231. The summed E-state index contributed by atoms with van der Waals surface area (Å²) in [5.41, 5.74) is 5.02. The van der Waals surface area contributed by atoms with E-state index >= 15 is 0 Å². The van der Waals surface area contributed by atoms with E-state index in [1.54, 1.807) is 0 Å². The SMILES string of the molecule is Cc1cccc2c(CCO)ccc-2c1. The lowest BCUT2D eigenvalue weighted by Crippen LogP contribution is -1.88. The molecule has 1 heteroatoms. The first-order valence-corrected chi connectivity index (χ1v) is 4.90. The van der Waals surface area contributed by atoms with Gasteiger partial charge in [-0.15, -0.1) is 0 Å². The fourth-order valence-electron chi connectivity index (χ4n) is 1.81. The minimum Gasteiger partial charge on any atom is -0.396 e. The molecule has 0 aromatic rings. The van der Waals surface area contributed by atoms with E-state index in [1.807, 2.05) is 0 Å². The summed E-state index contributed by atoms with van der Waals surface area (Å²) >= 11 is 0. The lowest BCUT2D eigenvalue weighted by atomic mass is 10.1. The number of aliphatic hydroxyl groups excluding tert-OH is 1. The summed E-state index contributed by atoms with van der Waals surface area (Å²) in [5, 5.41) is 8.91. The Hall–Kier alpha value is -1.34. The Morgan fingerprint density at radius 3 is 2.79 bits per heavy atom. The number of rotatable bonds is 2. The molecule has 14 heavy (non-hydrogen) atoms. The summed E-state index contributed by atoms with van der Waals surface area (Å²) in [5.74, 6) is 0. The molecule has 0 bridgehead atoms. The first kappa shape index (κ1) is 9.22. The second-order valence-corrected chi connectivity index (χ2v) is 3.62. The predicted molar refractivity (Wildman–Crippen MR) is 58.6 cm³/mol. The molecule has 0 aromatic heterocycles. The third-order valence-electron chi connectivity index (χ3n) is 2.51. The Morgan fingerprint density at radius 2 is 2.00 bits per heavy atom. The Kier molecular flexibility index (Phi) is 2.51. The van der Waals surface area contributed by atoms with Gasteiger partial charge in [0.05, 0.1) is 0 Å². The maximum absolute atomic E-state index is 8.91. The molecule has 0 aromatic carbocycles. The highest BCUT2D eigenvalue weighted by Crippen LogP contribution is 2.27. The van der Waals surface area contributed by atoms with Crippen LogP contribution in [-0.4, -0.2) is 11.7 Å². The Balaban J connectivity index is 2.51. The number of fused-ring (bicyclic) bond motifs is 1. The molecule has 2 aliphatic carbocycles. The van der Waals surface area contributed by atoms with Gasteiger partial charge in [-0.1, -0.05) is 42.0 Å². The molecule has 0 saturated carbocycles. The zero-order chi connectivity index (χ0) is 9.97. The van der Waals surface area contributed by atoms with Crippen LogP contribution in [0.5, 0.6) is 0 Å². The van der Waals surface area contributed by atoms with Gasteiger partial charge in [-0.25, -0.2) is 0 Å². The van der Waals surface area contributed by atoms with Crippen LogP contribution in [0.4, 0.5) is 0 Å². The molecule has 0 spiro atoms. The van der Waals surface area contributed by atoms with Crippen LogP contribution in [0.1, 0.15) is 11.1 Å². The van der Waals surface area contributed by atoms with Crippen molar-refractivity contribution < 1.29 is 5.11 Å². The minimum absolute atomic E-state index is 0.219. The molecular formula is C13H14O. The van der Waals surface area contributed by atoms with E-state index in [9.17, 15) is 0 Å². The third kappa shape index (κ3) is 1.64. The largest absolute Gasteiger partial charge is 0.396 e. The van der Waals surface area contributed by atoms with Gasteiger partial charge in [-0.3, -0.25) is 0 Å². The quantitative estimate of drug-likeness (QED) is 0.764. The highest BCUT2D eigenvalue weighted by molar-refractivity contribution is 5.70. The number of aryl methyl sites for hydroxylation is 1. The Bertz CT molecular complexity index is 406. The molecule has 0 saturated heterocycles. The van der Waals surface area contributed by atoms with Gasteiger partial charge in [0.15, 0.2) is 0 Å². The molecule has 0 radical (unpaired) electrons. The van der Waals surface area contributed by atoms with Gasteiger partial charge in [0.1, 0.15) is 0 Å². The second-order valence-electron chi connectivity index (χ2n) is 3.62. The van der Waals surface area contributed by atoms with Crippen molar-refractivity contribution in [3.63, 3.8) is 0 Å². The molecule has 0 unspecified atom stereocenters. The van der Waals surface area contributed by atoms with Gasteiger partial charge in [0, 0.05) is 6.61 Å². The fourth-order valence-corrected chi connectivity index (χ4v) is 1.81. The number of aliphatic hydroxyl groups is 1. The predicted octanol–water partition coefficient (Wildman–Crippen LogP) is 2.63. The van der Waals surface area contributed by atoms with Gasteiger partial charge < -0.3 is 5.11 Å². The lowest BCUT2D eigenvalue weighted by Gasteiger charge is -1.98. The van der Waals surface area contributed by atoms with Crippen LogP contribution in [0.3, 0.4) is 0 Å². The maximum Gasteiger partial charge on any atom is 0.0471 e. The second kappa shape index (κ2) is 3.81. The van der Waals surface area contributed by atoms with Gasteiger partial charge >= 0.3 is 0 Å². The number of hydrogen-bond acceptors (Lipinski definition) is 1. The van der Waals surface area contributed by atoms with Crippen LogP contribution in [0.25, 0.3) is 11.1 Å². The van der Waals surface area contributed by atoms with E-state index in [0.29, 0.717) is 0 Å². The van der Waals surface area contributed by atoms with Crippen molar-refractivity contribution in [2.24, 2.45) is 0 Å². The Morgan fingerprint density at radius 1 is 1.14 bits per heavy atom. The summed E-state index contributed by atoms with van der Waals surface area (Å²) in [6, 6.07) is 12.7. The molecule has 2 rings (SSSR count). The minimum atomic E-state index is 0.219. The lowest BCUT2D eigenvalue weighted by molar-refractivity contribution is 0.300. The van der Waals surface area contributed by atoms with Crippen molar-refractivity contribution in [1.82, 2.24) is 0 Å². The standard InChI is InChI=1S/C13H14O/c1-10-3-2-4-13-11(7-8-14)5-6-12(13)9-10/h2-6,9,14H,7-8H2,1H3. The van der Waals surface area contributed by atoms with Gasteiger partial charge in [0.25, 0.3) is 0 Å². The third-order valence-corrected chi connectivity index (χ3v) is 2.51.